The molecule has 1 rings (SSSR count). The van der Waals surface area contributed by atoms with E-state index in [9.17, 15) is 9.59 Å². The standard InChI is InChI=1S/C32H60O5Si2/c1-12-13-16-19-25(36-38(8,9)31(2,3)4)22-23-27-26(20-17-14-15-18-21-30(34)35)28(33)24-29(27)37-39(10,11)32(5,6)7/h14,17,22-23,25-27,29H,12-13,15-16,18-21,24H2,1-11H3,(H,34,35). The predicted octanol–water partition coefficient (Wildman–Crippen LogP) is 9.31. The fraction of sp³-hybridized carbons (Fsp3) is 0.812. The highest BCUT2D eigenvalue weighted by Crippen LogP contribution is 2.43. The summed E-state index contributed by atoms with van der Waals surface area (Å²) < 4.78 is 13.8. The molecule has 0 aromatic rings. The summed E-state index contributed by atoms with van der Waals surface area (Å²) in [5, 5.41) is 9.09. The van der Waals surface area contributed by atoms with Gasteiger partial charge in [0.25, 0.3) is 0 Å². The Labute approximate surface area is 242 Å². The number of carbonyl (C=O) groups excluding carboxylic acids is 1. The second-order valence-electron chi connectivity index (χ2n) is 14.6. The van der Waals surface area contributed by atoms with Crippen molar-refractivity contribution in [1.29, 1.82) is 0 Å². The van der Waals surface area contributed by atoms with Crippen molar-refractivity contribution >= 4 is 28.4 Å². The van der Waals surface area contributed by atoms with Crippen LogP contribution >= 0.6 is 0 Å². The van der Waals surface area contributed by atoms with Crippen LogP contribution in [0.5, 0.6) is 0 Å². The second kappa shape index (κ2) is 15.3. The Morgan fingerprint density at radius 2 is 1.62 bits per heavy atom. The number of ketones is 1. The zero-order chi connectivity index (χ0) is 30.1. The zero-order valence-electron chi connectivity index (χ0n) is 27.1. The molecule has 0 aliphatic heterocycles. The molecular formula is C32H60O5Si2. The van der Waals surface area contributed by atoms with Gasteiger partial charge in [-0.25, -0.2) is 0 Å². The van der Waals surface area contributed by atoms with Gasteiger partial charge in [-0.1, -0.05) is 92.0 Å². The first-order chi connectivity index (χ1) is 17.8. The van der Waals surface area contributed by atoms with Crippen LogP contribution in [0.25, 0.3) is 0 Å². The minimum Gasteiger partial charge on any atom is -0.481 e. The number of carboxylic acid groups (broad SMARTS) is 1. The van der Waals surface area contributed by atoms with Crippen molar-refractivity contribution in [1.82, 2.24) is 0 Å². The lowest BCUT2D eigenvalue weighted by Crippen LogP contribution is -2.45. The third-order valence-corrected chi connectivity index (χ3v) is 18.2. The fourth-order valence-electron chi connectivity index (χ4n) is 4.51. The molecule has 0 aromatic heterocycles. The molecule has 1 fully saturated rings. The van der Waals surface area contributed by atoms with E-state index in [0.29, 0.717) is 19.3 Å². The van der Waals surface area contributed by atoms with Gasteiger partial charge in [0.05, 0.1) is 12.2 Å². The van der Waals surface area contributed by atoms with Gasteiger partial charge >= 0.3 is 5.97 Å². The summed E-state index contributed by atoms with van der Waals surface area (Å²) in [6, 6.07) is 0. The van der Waals surface area contributed by atoms with Crippen molar-refractivity contribution in [2.45, 2.75) is 155 Å². The first-order valence-electron chi connectivity index (χ1n) is 15.3. The molecule has 4 atom stereocenters. The van der Waals surface area contributed by atoms with Crippen LogP contribution in [-0.4, -0.2) is 45.7 Å². The summed E-state index contributed by atoms with van der Waals surface area (Å²) in [4.78, 5) is 24.1. The van der Waals surface area contributed by atoms with E-state index in [0.717, 1.165) is 19.3 Å². The van der Waals surface area contributed by atoms with Crippen molar-refractivity contribution in [3.8, 4) is 0 Å². The van der Waals surface area contributed by atoms with Gasteiger partial charge in [-0.3, -0.25) is 9.59 Å². The predicted molar refractivity (Wildman–Crippen MR) is 169 cm³/mol. The van der Waals surface area contributed by atoms with E-state index in [-0.39, 0.29) is 46.3 Å². The Bertz CT molecular complexity index is 832. The normalized spacial score (nSPS) is 22.3. The number of allylic oxidation sites excluding steroid dienone is 2. The molecule has 4 unspecified atom stereocenters. The highest BCUT2D eigenvalue weighted by Gasteiger charge is 2.47. The molecule has 39 heavy (non-hydrogen) atoms. The number of carboxylic acids is 1. The monoisotopic (exact) mass is 580 g/mol. The van der Waals surface area contributed by atoms with Crippen LogP contribution in [0.15, 0.2) is 24.3 Å². The molecule has 226 valence electrons. The highest BCUT2D eigenvalue weighted by atomic mass is 28.4. The van der Waals surface area contributed by atoms with Gasteiger partial charge in [0, 0.05) is 24.7 Å². The average Bonchev–Trinajstić information content (AvgIpc) is 3.05. The summed E-state index contributed by atoms with van der Waals surface area (Å²) in [5.74, 6) is -0.585. The Hall–Kier alpha value is -1.03. The molecule has 1 aliphatic carbocycles. The Balaban J connectivity index is 3.23. The van der Waals surface area contributed by atoms with E-state index in [4.69, 9.17) is 14.0 Å². The van der Waals surface area contributed by atoms with Crippen LogP contribution in [0.3, 0.4) is 0 Å². The summed E-state index contributed by atoms with van der Waals surface area (Å²) in [5.41, 5.74) is 0. The first kappa shape index (κ1) is 36.0. The number of carbonyl (C=O) groups is 2. The second-order valence-corrected chi connectivity index (χ2v) is 24.1. The molecule has 0 heterocycles. The molecule has 7 heteroatoms. The summed E-state index contributed by atoms with van der Waals surface area (Å²) >= 11 is 0. The van der Waals surface area contributed by atoms with E-state index in [1.54, 1.807) is 0 Å². The topological polar surface area (TPSA) is 72.8 Å². The number of Topliss-reactive ketones (excluding diaryl/α,β-unsaturated/α-hetero) is 1. The summed E-state index contributed by atoms with van der Waals surface area (Å²) in [6.07, 6.45) is 15.7. The summed E-state index contributed by atoms with van der Waals surface area (Å²) in [6.45, 7) is 25.0. The van der Waals surface area contributed by atoms with E-state index in [1.807, 2.05) is 6.08 Å². The van der Waals surface area contributed by atoms with Gasteiger partial charge in [0.2, 0.25) is 0 Å². The van der Waals surface area contributed by atoms with Gasteiger partial charge in [-0.15, -0.1) is 0 Å². The summed E-state index contributed by atoms with van der Waals surface area (Å²) in [7, 11) is -4.01. The fourth-order valence-corrected chi connectivity index (χ4v) is 7.17. The molecule has 1 aliphatic rings. The van der Waals surface area contributed by atoms with Crippen LogP contribution in [0.4, 0.5) is 0 Å². The van der Waals surface area contributed by atoms with Crippen molar-refractivity contribution in [2.24, 2.45) is 11.8 Å². The van der Waals surface area contributed by atoms with Gasteiger partial charge in [-0.05, 0) is 61.9 Å². The van der Waals surface area contributed by atoms with Gasteiger partial charge < -0.3 is 14.0 Å². The van der Waals surface area contributed by atoms with E-state index < -0.39 is 22.6 Å². The van der Waals surface area contributed by atoms with Crippen LogP contribution < -0.4 is 0 Å². The van der Waals surface area contributed by atoms with Gasteiger partial charge in [0.1, 0.15) is 5.78 Å². The maximum atomic E-state index is 13.3. The minimum atomic E-state index is -2.06. The largest absolute Gasteiger partial charge is 0.481 e. The number of hydrogen-bond acceptors (Lipinski definition) is 4. The average molecular weight is 581 g/mol. The smallest absolute Gasteiger partial charge is 0.303 e. The molecule has 0 bridgehead atoms. The molecular weight excluding hydrogens is 521 g/mol. The number of rotatable bonds is 16. The lowest BCUT2D eigenvalue weighted by atomic mass is 9.90. The molecule has 0 radical (unpaired) electrons. The molecule has 0 saturated heterocycles. The Morgan fingerprint density at radius 3 is 2.15 bits per heavy atom. The quantitative estimate of drug-likeness (QED) is 0.112. The molecule has 1 saturated carbocycles. The van der Waals surface area contributed by atoms with Crippen LogP contribution in [0.1, 0.15) is 106 Å². The van der Waals surface area contributed by atoms with Crippen molar-refractivity contribution in [3.63, 3.8) is 0 Å². The SMILES string of the molecule is CCCCCC(C=CC1C(O[Si](C)(C)C(C)(C)C)CC(=O)C1CC=CCCCC(=O)O)O[Si](C)(C)C(C)(C)C. The third kappa shape index (κ3) is 11.8. The highest BCUT2D eigenvalue weighted by molar-refractivity contribution is 6.74. The minimum absolute atomic E-state index is 0.0204. The van der Waals surface area contributed by atoms with E-state index in [1.165, 1.54) is 12.8 Å². The molecule has 5 nitrogen and oxygen atoms in total. The lowest BCUT2D eigenvalue weighted by Gasteiger charge is -2.40. The van der Waals surface area contributed by atoms with Crippen LogP contribution in [0, 0.1) is 11.8 Å². The Morgan fingerprint density at radius 1 is 1.00 bits per heavy atom. The molecule has 1 N–H and O–H groups in total. The molecule has 0 aromatic carbocycles. The number of unbranched alkanes of at least 4 members (excludes halogenated alkanes) is 3. The number of aliphatic carboxylic acids is 1. The van der Waals surface area contributed by atoms with Crippen molar-refractivity contribution < 1.29 is 23.5 Å². The van der Waals surface area contributed by atoms with Crippen LogP contribution in [-0.2, 0) is 18.4 Å². The maximum Gasteiger partial charge on any atom is 0.303 e. The number of hydrogen-bond donors (Lipinski definition) is 1. The third-order valence-electron chi connectivity index (χ3n) is 9.17. The maximum absolute atomic E-state index is 13.3. The van der Waals surface area contributed by atoms with Crippen molar-refractivity contribution in [2.75, 3.05) is 0 Å². The molecule has 0 amide bonds. The van der Waals surface area contributed by atoms with Gasteiger partial charge in [-0.2, -0.15) is 0 Å². The van der Waals surface area contributed by atoms with Gasteiger partial charge in [0.15, 0.2) is 16.6 Å². The lowest BCUT2D eigenvalue weighted by molar-refractivity contribution is -0.137. The van der Waals surface area contributed by atoms with E-state index in [2.05, 4.69) is 92.9 Å². The van der Waals surface area contributed by atoms with Crippen LogP contribution in [0.2, 0.25) is 36.3 Å². The molecule has 0 spiro atoms. The van der Waals surface area contributed by atoms with E-state index >= 15 is 0 Å². The first-order valence-corrected chi connectivity index (χ1v) is 21.1. The zero-order valence-corrected chi connectivity index (χ0v) is 29.1. The van der Waals surface area contributed by atoms with Crippen molar-refractivity contribution in [3.05, 3.63) is 24.3 Å². The Kier molecular flexibility index (Phi) is 14.1.